The maximum atomic E-state index is 13.5. The summed E-state index contributed by atoms with van der Waals surface area (Å²) in [6.07, 6.45) is -0.488. The van der Waals surface area contributed by atoms with Crippen molar-refractivity contribution < 1.29 is 88.3 Å². The zero-order valence-corrected chi connectivity index (χ0v) is 31.0. The van der Waals surface area contributed by atoms with Gasteiger partial charge in [0.05, 0.1) is 165 Å². The summed E-state index contributed by atoms with van der Waals surface area (Å²) in [7, 11) is 1.88. The number of carbonyl (C=O) groups is 1. The molecule has 0 saturated heterocycles. The van der Waals surface area contributed by atoms with Crippen molar-refractivity contribution in [3.8, 4) is 5.75 Å². The molecule has 0 aliphatic heterocycles. The molecule has 0 amide bonds. The van der Waals surface area contributed by atoms with Gasteiger partial charge in [0, 0.05) is 6.54 Å². The smallest absolute Gasteiger partial charge is 0.313 e. The summed E-state index contributed by atoms with van der Waals surface area (Å²) in [6.45, 7) is 10.4. The number of ether oxygens (including phenoxy) is 13. The van der Waals surface area contributed by atoms with Crippen molar-refractivity contribution in [1.29, 1.82) is 0 Å². The highest BCUT2D eigenvalue weighted by atomic mass is 19.2. The van der Waals surface area contributed by atoms with Gasteiger partial charge in [0.2, 0.25) is 34.8 Å². The minimum Gasteiger partial charge on any atom is -0.420 e. The van der Waals surface area contributed by atoms with E-state index in [4.69, 9.17) is 56.8 Å². The summed E-state index contributed by atoms with van der Waals surface area (Å²) in [5, 5.41) is 3.00. The molecule has 0 spiro atoms. The Labute approximate surface area is 313 Å². The molecule has 0 saturated carbocycles. The van der Waals surface area contributed by atoms with E-state index in [-0.39, 0.29) is 26.4 Å². The van der Waals surface area contributed by atoms with E-state index in [9.17, 15) is 26.7 Å². The minimum absolute atomic E-state index is 0.0790. The van der Waals surface area contributed by atoms with Crippen LogP contribution in [-0.2, 0) is 61.6 Å². The van der Waals surface area contributed by atoms with Crippen molar-refractivity contribution in [2.45, 2.75) is 6.42 Å². The van der Waals surface area contributed by atoms with Gasteiger partial charge in [-0.25, -0.2) is 13.2 Å². The maximum Gasteiger partial charge on any atom is 0.313 e. The monoisotopic (exact) mass is 797 g/mol. The number of carbonyl (C=O) groups excluding carboxylic acids is 1. The van der Waals surface area contributed by atoms with E-state index >= 15 is 0 Å². The van der Waals surface area contributed by atoms with E-state index in [0.717, 1.165) is 6.54 Å². The predicted octanol–water partition coefficient (Wildman–Crippen LogP) is 2.10. The minimum atomic E-state index is -2.35. The molecule has 0 heterocycles. The molecule has 0 fully saturated rings. The Hall–Kier alpha value is -2.18. The van der Waals surface area contributed by atoms with E-state index in [1.54, 1.807) is 0 Å². The van der Waals surface area contributed by atoms with Gasteiger partial charge in [-0.3, -0.25) is 4.79 Å². The first-order valence-electron chi connectivity index (χ1n) is 17.7. The van der Waals surface area contributed by atoms with E-state index in [1.165, 1.54) is 0 Å². The van der Waals surface area contributed by atoms with Crippen LogP contribution in [0.4, 0.5) is 22.0 Å². The first-order chi connectivity index (χ1) is 26.4. The Morgan fingerprint density at radius 2 is 0.593 bits per heavy atom. The fourth-order valence-corrected chi connectivity index (χ4v) is 3.69. The van der Waals surface area contributed by atoms with Gasteiger partial charge in [-0.2, -0.15) is 8.78 Å². The molecule has 0 aromatic heterocycles. The third kappa shape index (κ3) is 27.4. The van der Waals surface area contributed by atoms with Gasteiger partial charge in [-0.15, -0.1) is 0 Å². The van der Waals surface area contributed by atoms with Crippen molar-refractivity contribution in [3.63, 3.8) is 0 Å². The highest BCUT2D eigenvalue weighted by Gasteiger charge is 2.28. The lowest BCUT2D eigenvalue weighted by Crippen LogP contribution is -2.17. The molecule has 0 aliphatic rings. The average molecular weight is 798 g/mol. The highest BCUT2D eigenvalue weighted by Crippen LogP contribution is 2.29. The molecule has 0 atom stereocenters. The molecule has 0 bridgehead atoms. The molecule has 1 rings (SSSR count). The Bertz CT molecular complexity index is 1020. The molecule has 15 nitrogen and oxygen atoms in total. The summed E-state index contributed by atoms with van der Waals surface area (Å²) < 4.78 is 135. The molecular weight excluding hydrogens is 741 g/mol. The van der Waals surface area contributed by atoms with Crippen LogP contribution in [-0.4, -0.2) is 178 Å². The zero-order valence-electron chi connectivity index (χ0n) is 31.0. The van der Waals surface area contributed by atoms with Gasteiger partial charge in [0.25, 0.3) is 0 Å². The number of hydrogen-bond acceptors (Lipinski definition) is 15. The molecule has 1 N–H and O–H groups in total. The molecule has 0 radical (unpaired) electrons. The van der Waals surface area contributed by atoms with Crippen LogP contribution < -0.4 is 10.1 Å². The van der Waals surface area contributed by atoms with Crippen molar-refractivity contribution in [1.82, 2.24) is 5.32 Å². The van der Waals surface area contributed by atoms with Gasteiger partial charge in [-0.05, 0) is 7.05 Å². The van der Waals surface area contributed by atoms with Crippen LogP contribution in [0.3, 0.4) is 0 Å². The van der Waals surface area contributed by atoms with Gasteiger partial charge in [0.15, 0.2) is 0 Å². The van der Waals surface area contributed by atoms with Gasteiger partial charge in [-0.1, -0.05) is 0 Å². The molecule has 54 heavy (non-hydrogen) atoms. The van der Waals surface area contributed by atoms with Crippen LogP contribution in [0.5, 0.6) is 5.75 Å². The number of hydrogen-bond donors (Lipinski definition) is 1. The second kappa shape index (κ2) is 36.5. The van der Waals surface area contributed by atoms with Crippen molar-refractivity contribution >= 4 is 5.97 Å². The number of nitrogens with one attached hydrogen (secondary N) is 1. The van der Waals surface area contributed by atoms with Crippen molar-refractivity contribution in [2.24, 2.45) is 0 Å². The molecule has 0 aliphatic carbocycles. The number of rotatable bonds is 40. The predicted molar refractivity (Wildman–Crippen MR) is 180 cm³/mol. The summed E-state index contributed by atoms with van der Waals surface area (Å²) in [5.41, 5.74) is 0. The fraction of sp³-hybridized carbons (Fsp3) is 0.794. The van der Waals surface area contributed by atoms with Crippen molar-refractivity contribution in [2.75, 3.05) is 172 Å². The standard InChI is InChI=1S/C34H56F5NO14/c1-40-3-5-43-7-9-45-11-13-47-15-17-49-19-21-51-23-25-53-27-26-52-24-22-50-20-18-48-16-14-46-12-10-44-8-6-42-4-2-28(41)54-34-32(38)30(36)29(35)31(37)33(34)39/h40H,2-27H2,1H3. The fourth-order valence-electron chi connectivity index (χ4n) is 3.69. The molecule has 1 aromatic carbocycles. The SMILES string of the molecule is CNCCOCCOCCOCCOCCOCCOCCOCCOCCOCCOCCOCCOCCC(=O)Oc1c(F)c(F)c(F)c(F)c1F. The number of esters is 1. The second-order valence-corrected chi connectivity index (χ2v) is 10.6. The Morgan fingerprint density at radius 3 is 0.852 bits per heavy atom. The van der Waals surface area contributed by atoms with Gasteiger partial charge < -0.3 is 66.9 Å². The number of likely N-dealkylation sites (N-methyl/N-ethyl adjacent to an activating group) is 1. The number of halogens is 5. The molecule has 316 valence electrons. The molecule has 20 heteroatoms. The van der Waals surface area contributed by atoms with Gasteiger partial charge in [0.1, 0.15) is 0 Å². The third-order valence-electron chi connectivity index (χ3n) is 6.42. The van der Waals surface area contributed by atoms with E-state index in [1.807, 2.05) is 7.05 Å². The summed E-state index contributed by atoms with van der Waals surface area (Å²) in [6, 6.07) is 0. The first kappa shape index (κ1) is 49.8. The topological polar surface area (TPSA) is 149 Å². The molecular formula is C34H56F5NO14. The van der Waals surface area contributed by atoms with Crippen LogP contribution in [0.15, 0.2) is 0 Å². The average Bonchev–Trinajstić information content (AvgIpc) is 3.17. The van der Waals surface area contributed by atoms with E-state index in [0.29, 0.717) is 132 Å². The zero-order chi connectivity index (χ0) is 39.3. The lowest BCUT2D eigenvalue weighted by molar-refractivity contribution is -0.136. The number of benzene rings is 1. The Morgan fingerprint density at radius 1 is 0.370 bits per heavy atom. The van der Waals surface area contributed by atoms with E-state index < -0.39 is 47.2 Å². The lowest BCUT2D eigenvalue weighted by atomic mass is 10.2. The maximum absolute atomic E-state index is 13.5. The highest BCUT2D eigenvalue weighted by molar-refractivity contribution is 5.72. The normalized spacial score (nSPS) is 11.5. The largest absolute Gasteiger partial charge is 0.420 e. The Kier molecular flexibility index (Phi) is 33.6. The van der Waals surface area contributed by atoms with Crippen LogP contribution in [0.25, 0.3) is 0 Å². The quantitative estimate of drug-likeness (QED) is 0.0258. The summed E-state index contributed by atoms with van der Waals surface area (Å²) >= 11 is 0. The third-order valence-corrected chi connectivity index (χ3v) is 6.42. The molecule has 1 aromatic rings. The van der Waals surface area contributed by atoms with Crippen LogP contribution in [0.2, 0.25) is 0 Å². The summed E-state index contributed by atoms with van der Waals surface area (Å²) in [5.74, 6) is -14.1. The van der Waals surface area contributed by atoms with Gasteiger partial charge >= 0.3 is 5.97 Å². The Balaban J connectivity index is 1.71. The second-order valence-electron chi connectivity index (χ2n) is 10.6. The van der Waals surface area contributed by atoms with Crippen molar-refractivity contribution in [3.05, 3.63) is 29.1 Å². The van der Waals surface area contributed by atoms with E-state index in [2.05, 4.69) is 10.1 Å². The molecule has 0 unspecified atom stereocenters. The lowest BCUT2D eigenvalue weighted by Gasteiger charge is -2.09. The van der Waals surface area contributed by atoms with Crippen LogP contribution in [0, 0.1) is 29.1 Å². The van der Waals surface area contributed by atoms with Crippen LogP contribution >= 0.6 is 0 Å². The van der Waals surface area contributed by atoms with Crippen LogP contribution in [0.1, 0.15) is 6.42 Å². The first-order valence-corrected chi connectivity index (χ1v) is 17.7. The summed E-state index contributed by atoms with van der Waals surface area (Å²) in [4.78, 5) is 11.7.